The van der Waals surface area contributed by atoms with Crippen LogP contribution in [0.25, 0.3) is 0 Å². The van der Waals surface area contributed by atoms with Gasteiger partial charge in [-0.2, -0.15) is 0 Å². The molecule has 20 heavy (non-hydrogen) atoms. The average Bonchev–Trinajstić information content (AvgIpc) is 2.66. The van der Waals surface area contributed by atoms with Crippen molar-refractivity contribution < 1.29 is 4.79 Å². The molecule has 0 aromatic heterocycles. The van der Waals surface area contributed by atoms with Crippen LogP contribution in [0.3, 0.4) is 0 Å². The molecule has 1 aromatic carbocycles. The first kappa shape index (κ1) is 15.0. The molecule has 1 fully saturated rings. The molecule has 0 saturated carbocycles. The Morgan fingerprint density at radius 3 is 2.45 bits per heavy atom. The van der Waals surface area contributed by atoms with Crippen LogP contribution in [0.15, 0.2) is 24.3 Å². The quantitative estimate of drug-likeness (QED) is 0.917. The minimum Gasteiger partial charge on any atom is -0.321 e. The normalized spacial score (nSPS) is 23.4. The van der Waals surface area contributed by atoms with E-state index in [1.807, 2.05) is 17.0 Å². The molecule has 1 aliphatic rings. The lowest BCUT2D eigenvalue weighted by atomic mass is 9.95. The number of nitrogens with zero attached hydrogens (tertiary/aromatic N) is 1. The average molecular weight is 274 g/mol. The minimum absolute atomic E-state index is 0.00729. The number of benzene rings is 1. The number of carbonyl (C=O) groups is 1. The molecule has 3 nitrogen and oxygen atoms in total. The molecular weight excluding hydrogens is 248 g/mol. The molecule has 1 amide bonds. The first-order chi connectivity index (χ1) is 9.33. The summed E-state index contributed by atoms with van der Waals surface area (Å²) in [6, 6.07) is 8.26. The van der Waals surface area contributed by atoms with Gasteiger partial charge in [0.15, 0.2) is 0 Å². The monoisotopic (exact) mass is 274 g/mol. The zero-order chi connectivity index (χ0) is 14.9. The van der Waals surface area contributed by atoms with Gasteiger partial charge in [-0.15, -0.1) is 0 Å². The fraction of sp³-hybridized carbons (Fsp3) is 0.588. The summed E-state index contributed by atoms with van der Waals surface area (Å²) in [6.45, 7) is 11.5. The van der Waals surface area contributed by atoms with E-state index in [0.29, 0.717) is 0 Å². The second-order valence-electron chi connectivity index (χ2n) is 6.91. The molecule has 1 aliphatic heterocycles. The van der Waals surface area contributed by atoms with Crippen LogP contribution >= 0.6 is 0 Å². The highest BCUT2D eigenvalue weighted by Crippen LogP contribution is 2.31. The molecule has 2 unspecified atom stereocenters. The van der Waals surface area contributed by atoms with E-state index in [-0.39, 0.29) is 23.5 Å². The summed E-state index contributed by atoms with van der Waals surface area (Å²) in [7, 11) is 0. The minimum atomic E-state index is -0.0537. The largest absolute Gasteiger partial charge is 0.321 e. The Morgan fingerprint density at radius 1 is 1.25 bits per heavy atom. The first-order valence-corrected chi connectivity index (χ1v) is 7.45. The Bertz CT molecular complexity index is 490. The third-order valence-electron chi connectivity index (χ3n) is 3.79. The lowest BCUT2D eigenvalue weighted by molar-refractivity contribution is -0.131. The number of amides is 1. The summed E-state index contributed by atoms with van der Waals surface area (Å²) >= 11 is 0. The fourth-order valence-electron chi connectivity index (χ4n) is 2.80. The Kier molecular flexibility index (Phi) is 4.19. The Hall–Kier alpha value is -1.35. The van der Waals surface area contributed by atoms with E-state index in [0.717, 1.165) is 13.0 Å². The van der Waals surface area contributed by atoms with Crippen molar-refractivity contribution in [2.24, 2.45) is 5.41 Å². The van der Waals surface area contributed by atoms with E-state index in [9.17, 15) is 4.79 Å². The Balaban J connectivity index is 2.34. The van der Waals surface area contributed by atoms with Crippen LogP contribution in [0, 0.1) is 12.3 Å². The molecule has 0 aliphatic carbocycles. The molecule has 2 atom stereocenters. The summed E-state index contributed by atoms with van der Waals surface area (Å²) in [5.41, 5.74) is 2.54. The molecule has 0 bridgehead atoms. The van der Waals surface area contributed by atoms with Crippen LogP contribution in [0.1, 0.15) is 51.4 Å². The predicted octanol–water partition coefficient (Wildman–Crippen LogP) is 3.25. The summed E-state index contributed by atoms with van der Waals surface area (Å²) in [4.78, 5) is 14.6. The number of nitrogens with one attached hydrogen (secondary N) is 1. The summed E-state index contributed by atoms with van der Waals surface area (Å²) in [5.74, 6) is 0.232. The zero-order valence-corrected chi connectivity index (χ0v) is 13.2. The van der Waals surface area contributed by atoms with Crippen molar-refractivity contribution >= 4 is 5.91 Å². The fourth-order valence-corrected chi connectivity index (χ4v) is 2.80. The highest BCUT2D eigenvalue weighted by molar-refractivity contribution is 5.84. The van der Waals surface area contributed by atoms with Gasteiger partial charge in [-0.25, -0.2) is 0 Å². The third-order valence-corrected chi connectivity index (χ3v) is 3.79. The maximum absolute atomic E-state index is 12.6. The van der Waals surface area contributed by atoms with Gasteiger partial charge in [0.05, 0.1) is 6.04 Å². The second kappa shape index (κ2) is 5.57. The van der Waals surface area contributed by atoms with E-state index < -0.39 is 0 Å². The first-order valence-electron chi connectivity index (χ1n) is 7.45. The van der Waals surface area contributed by atoms with Crippen LogP contribution in [-0.4, -0.2) is 23.4 Å². The Labute approximate surface area is 122 Å². The van der Waals surface area contributed by atoms with Gasteiger partial charge in [-0.3, -0.25) is 10.1 Å². The molecule has 2 rings (SSSR count). The molecule has 0 spiro atoms. The number of hydrogen-bond acceptors (Lipinski definition) is 2. The molecule has 0 radical (unpaired) electrons. The van der Waals surface area contributed by atoms with Crippen molar-refractivity contribution in [3.8, 4) is 0 Å². The van der Waals surface area contributed by atoms with Gasteiger partial charge in [0, 0.05) is 6.54 Å². The molecule has 1 N–H and O–H groups in total. The van der Waals surface area contributed by atoms with Gasteiger partial charge < -0.3 is 4.90 Å². The van der Waals surface area contributed by atoms with E-state index in [4.69, 9.17) is 0 Å². The van der Waals surface area contributed by atoms with Crippen LogP contribution in [0.4, 0.5) is 0 Å². The van der Waals surface area contributed by atoms with Gasteiger partial charge in [0.1, 0.15) is 6.17 Å². The zero-order valence-electron chi connectivity index (χ0n) is 13.2. The number of hydrogen-bond donors (Lipinski definition) is 1. The summed E-state index contributed by atoms with van der Waals surface area (Å²) in [5, 5.41) is 3.50. The van der Waals surface area contributed by atoms with Crippen LogP contribution in [-0.2, 0) is 4.79 Å². The molecule has 1 heterocycles. The molecule has 1 saturated heterocycles. The molecular formula is C17H26N2O. The van der Waals surface area contributed by atoms with Crippen molar-refractivity contribution in [2.45, 2.75) is 53.2 Å². The van der Waals surface area contributed by atoms with Crippen molar-refractivity contribution in [1.29, 1.82) is 0 Å². The van der Waals surface area contributed by atoms with E-state index in [2.05, 4.69) is 52.1 Å². The third kappa shape index (κ3) is 3.04. The Morgan fingerprint density at radius 2 is 1.90 bits per heavy atom. The molecule has 3 heteroatoms. The molecule has 110 valence electrons. The lowest BCUT2D eigenvalue weighted by Gasteiger charge is -2.31. The second-order valence-corrected chi connectivity index (χ2v) is 6.91. The van der Waals surface area contributed by atoms with Gasteiger partial charge in [-0.05, 0) is 29.9 Å². The van der Waals surface area contributed by atoms with E-state index in [1.165, 1.54) is 11.1 Å². The highest BCUT2D eigenvalue weighted by Gasteiger charge is 2.40. The molecule has 1 aromatic rings. The number of aryl methyl sites for hydroxylation is 1. The highest BCUT2D eigenvalue weighted by atomic mass is 16.2. The van der Waals surface area contributed by atoms with Crippen molar-refractivity contribution in [2.75, 3.05) is 6.54 Å². The number of carbonyl (C=O) groups excluding carboxylic acids is 1. The van der Waals surface area contributed by atoms with Crippen LogP contribution in [0.2, 0.25) is 0 Å². The maximum Gasteiger partial charge on any atom is 0.241 e. The smallest absolute Gasteiger partial charge is 0.241 e. The van der Waals surface area contributed by atoms with Crippen LogP contribution < -0.4 is 5.32 Å². The SMILES string of the molecule is CCC1NC(c2ccccc2C)N(CC(C)(C)C)C1=O. The van der Waals surface area contributed by atoms with E-state index in [1.54, 1.807) is 0 Å². The number of rotatable bonds is 3. The van der Waals surface area contributed by atoms with E-state index >= 15 is 0 Å². The van der Waals surface area contributed by atoms with Crippen molar-refractivity contribution in [1.82, 2.24) is 10.2 Å². The summed E-state index contributed by atoms with van der Waals surface area (Å²) < 4.78 is 0. The van der Waals surface area contributed by atoms with Gasteiger partial charge in [0.2, 0.25) is 5.91 Å². The standard InChI is InChI=1S/C17H26N2O/c1-6-14-16(20)19(11-17(3,4)5)15(18-14)13-10-8-7-9-12(13)2/h7-10,14-15,18H,6,11H2,1-5H3. The van der Waals surface area contributed by atoms with Crippen molar-refractivity contribution in [3.63, 3.8) is 0 Å². The van der Waals surface area contributed by atoms with Gasteiger partial charge in [-0.1, -0.05) is 52.0 Å². The maximum atomic E-state index is 12.6. The van der Waals surface area contributed by atoms with Gasteiger partial charge in [0.25, 0.3) is 0 Å². The van der Waals surface area contributed by atoms with Gasteiger partial charge >= 0.3 is 0 Å². The lowest BCUT2D eigenvalue weighted by Crippen LogP contribution is -2.37. The topological polar surface area (TPSA) is 32.3 Å². The summed E-state index contributed by atoms with van der Waals surface area (Å²) in [6.07, 6.45) is 0.842. The van der Waals surface area contributed by atoms with Crippen LogP contribution in [0.5, 0.6) is 0 Å². The van der Waals surface area contributed by atoms with Crippen molar-refractivity contribution in [3.05, 3.63) is 35.4 Å². The predicted molar refractivity (Wildman–Crippen MR) is 82.3 cm³/mol.